The topological polar surface area (TPSA) is 51.6 Å². The first-order chi connectivity index (χ1) is 28.3. The van der Waals surface area contributed by atoms with E-state index in [0.717, 1.165) is 38.9 Å². The monoisotopic (exact) mass is 724 g/mol. The smallest absolute Gasteiger partial charge is 0.164 e. The van der Waals surface area contributed by atoms with Gasteiger partial charge in [0.15, 0.2) is 17.5 Å². The van der Waals surface area contributed by atoms with Crippen molar-refractivity contribution in [2.45, 2.75) is 5.41 Å². The zero-order valence-electron chi connectivity index (χ0n) is 30.8. The number of hydrogen-bond donors (Lipinski definition) is 0. The van der Waals surface area contributed by atoms with Gasteiger partial charge in [-0.2, -0.15) is 0 Å². The van der Waals surface area contributed by atoms with E-state index >= 15 is 0 Å². The zero-order chi connectivity index (χ0) is 37.5. The summed E-state index contributed by atoms with van der Waals surface area (Å²) in [7, 11) is 0. The van der Waals surface area contributed by atoms with Gasteiger partial charge in [0.1, 0.15) is 0 Å². The number of fused-ring (bicyclic) bond motifs is 13. The third-order valence-electron chi connectivity index (χ3n) is 11.9. The van der Waals surface area contributed by atoms with Crippen LogP contribution in [0.3, 0.4) is 0 Å². The van der Waals surface area contributed by atoms with Crippen LogP contribution in [0.4, 0.5) is 0 Å². The molecule has 12 rings (SSSR count). The Morgan fingerprint density at radius 1 is 0.333 bits per heavy atom. The Morgan fingerprint density at radius 2 is 0.825 bits per heavy atom. The summed E-state index contributed by atoms with van der Waals surface area (Å²) in [6, 6.07) is 69.0. The lowest BCUT2D eigenvalue weighted by Gasteiger charge is -2.31. The van der Waals surface area contributed by atoms with Crippen molar-refractivity contribution in [3.8, 4) is 67.7 Å². The Bertz CT molecular complexity index is 3200. The number of benzene rings is 8. The SMILES string of the molecule is c1ccc(-c2nc(-c3ccc(-c4nc5ccccc5c5c4-c4ccccc4C54c5ccccc5-c5ccccc54)cc3)nc(-c3ccc4ccccc4c3)n2)cc1. The van der Waals surface area contributed by atoms with Crippen molar-refractivity contribution in [1.29, 1.82) is 0 Å². The van der Waals surface area contributed by atoms with Crippen molar-refractivity contribution in [3.63, 3.8) is 0 Å². The van der Waals surface area contributed by atoms with Gasteiger partial charge in [0.2, 0.25) is 0 Å². The average molecular weight is 725 g/mol. The predicted octanol–water partition coefficient (Wildman–Crippen LogP) is 12.6. The minimum Gasteiger partial charge on any atom is -0.247 e. The Morgan fingerprint density at radius 3 is 1.53 bits per heavy atom. The van der Waals surface area contributed by atoms with Gasteiger partial charge in [-0.1, -0.05) is 182 Å². The standard InChI is InChI=1S/C53H32N4/c1-2-15-35(16-3-1)50-55-51(57-52(56-50)38-31-26-33-14-4-5-17-37(33)32-38)36-29-27-34(28-30-36)49-47-41-20-8-12-24-45(41)53(48(47)42-21-9-13-25-46(42)54-49)43-22-10-6-18-39(43)40-19-7-11-23-44(40)53/h1-32H. The van der Waals surface area contributed by atoms with E-state index in [1.54, 1.807) is 0 Å². The van der Waals surface area contributed by atoms with E-state index in [-0.39, 0.29) is 0 Å². The summed E-state index contributed by atoms with van der Waals surface area (Å²) >= 11 is 0. The summed E-state index contributed by atoms with van der Waals surface area (Å²) in [4.78, 5) is 20.6. The van der Waals surface area contributed by atoms with Gasteiger partial charge in [0, 0.05) is 33.2 Å². The van der Waals surface area contributed by atoms with E-state index in [9.17, 15) is 0 Å². The maximum absolute atomic E-state index is 5.48. The summed E-state index contributed by atoms with van der Waals surface area (Å²) in [6.07, 6.45) is 0. The molecule has 4 heteroatoms. The van der Waals surface area contributed by atoms with Crippen molar-refractivity contribution in [2.24, 2.45) is 0 Å². The summed E-state index contributed by atoms with van der Waals surface area (Å²) in [6.45, 7) is 0. The molecular weight excluding hydrogens is 693 g/mol. The first-order valence-corrected chi connectivity index (χ1v) is 19.4. The van der Waals surface area contributed by atoms with Gasteiger partial charge in [0.25, 0.3) is 0 Å². The fourth-order valence-corrected chi connectivity index (χ4v) is 9.49. The number of nitrogens with zero attached hydrogens (tertiary/aromatic N) is 4. The van der Waals surface area contributed by atoms with Gasteiger partial charge in [-0.3, -0.25) is 0 Å². The third kappa shape index (κ3) is 4.62. The minimum absolute atomic E-state index is 0.478. The maximum atomic E-state index is 5.48. The largest absolute Gasteiger partial charge is 0.247 e. The number of rotatable bonds is 4. The van der Waals surface area contributed by atoms with Crippen LogP contribution in [-0.4, -0.2) is 19.9 Å². The molecule has 0 atom stereocenters. The highest BCUT2D eigenvalue weighted by atomic mass is 15.0. The molecule has 0 saturated carbocycles. The van der Waals surface area contributed by atoms with Gasteiger partial charge in [0.05, 0.1) is 16.6 Å². The quantitative estimate of drug-likeness (QED) is 0.181. The predicted molar refractivity (Wildman–Crippen MR) is 231 cm³/mol. The highest BCUT2D eigenvalue weighted by Gasteiger charge is 2.53. The minimum atomic E-state index is -0.478. The van der Waals surface area contributed by atoms with E-state index in [4.69, 9.17) is 19.9 Å². The van der Waals surface area contributed by atoms with Crippen LogP contribution in [0.15, 0.2) is 194 Å². The molecule has 2 aliphatic carbocycles. The number of aromatic nitrogens is 4. The fourth-order valence-electron chi connectivity index (χ4n) is 9.49. The van der Waals surface area contributed by atoms with E-state index < -0.39 is 5.41 Å². The van der Waals surface area contributed by atoms with Gasteiger partial charge >= 0.3 is 0 Å². The summed E-state index contributed by atoms with van der Waals surface area (Å²) < 4.78 is 0. The Balaban J connectivity index is 1.06. The first-order valence-electron chi connectivity index (χ1n) is 19.4. The molecule has 0 aliphatic heterocycles. The molecule has 10 aromatic rings. The molecule has 0 amide bonds. The first kappa shape index (κ1) is 31.8. The van der Waals surface area contributed by atoms with Crippen molar-refractivity contribution in [3.05, 3.63) is 216 Å². The molecule has 0 unspecified atom stereocenters. The maximum Gasteiger partial charge on any atom is 0.164 e. The van der Waals surface area contributed by atoms with Crippen molar-refractivity contribution >= 4 is 21.7 Å². The molecule has 0 fully saturated rings. The Kier molecular flexibility index (Phi) is 6.81. The van der Waals surface area contributed by atoms with Crippen molar-refractivity contribution < 1.29 is 0 Å². The molecule has 2 aliphatic rings. The van der Waals surface area contributed by atoms with Gasteiger partial charge in [-0.05, 0) is 61.8 Å². The van der Waals surface area contributed by atoms with Crippen molar-refractivity contribution in [2.75, 3.05) is 0 Å². The van der Waals surface area contributed by atoms with Crippen LogP contribution in [0.2, 0.25) is 0 Å². The highest BCUT2D eigenvalue weighted by molar-refractivity contribution is 6.06. The van der Waals surface area contributed by atoms with Crippen LogP contribution in [0.1, 0.15) is 22.3 Å². The molecule has 57 heavy (non-hydrogen) atoms. The Labute approximate surface area is 329 Å². The fraction of sp³-hybridized carbons (Fsp3) is 0.0189. The third-order valence-corrected chi connectivity index (χ3v) is 11.9. The second kappa shape index (κ2) is 12.2. The molecule has 1 spiro atoms. The van der Waals surface area contributed by atoms with Gasteiger partial charge in [-0.25, -0.2) is 19.9 Å². The van der Waals surface area contributed by atoms with E-state index in [0.29, 0.717) is 17.5 Å². The number of para-hydroxylation sites is 1. The van der Waals surface area contributed by atoms with E-state index in [1.165, 1.54) is 55.3 Å². The van der Waals surface area contributed by atoms with Crippen LogP contribution >= 0.6 is 0 Å². The molecule has 0 radical (unpaired) electrons. The lowest BCUT2D eigenvalue weighted by molar-refractivity contribution is 0.801. The summed E-state index contributed by atoms with van der Waals surface area (Å²) in [5.74, 6) is 1.90. The molecule has 8 aromatic carbocycles. The molecule has 0 bridgehead atoms. The molecular formula is C53H32N4. The second-order valence-corrected chi connectivity index (χ2v) is 14.9. The molecule has 2 aromatic heterocycles. The van der Waals surface area contributed by atoms with Crippen LogP contribution < -0.4 is 0 Å². The van der Waals surface area contributed by atoms with Crippen LogP contribution in [-0.2, 0) is 5.41 Å². The molecule has 0 N–H and O–H groups in total. The lowest BCUT2D eigenvalue weighted by Crippen LogP contribution is -2.26. The molecule has 0 saturated heterocycles. The van der Waals surface area contributed by atoms with Crippen molar-refractivity contribution in [1.82, 2.24) is 19.9 Å². The van der Waals surface area contributed by atoms with E-state index in [2.05, 4.69) is 164 Å². The van der Waals surface area contributed by atoms with Crippen LogP contribution in [0.5, 0.6) is 0 Å². The van der Waals surface area contributed by atoms with Gasteiger partial charge < -0.3 is 0 Å². The summed E-state index contributed by atoms with van der Waals surface area (Å²) in [5, 5.41) is 3.50. The van der Waals surface area contributed by atoms with Crippen LogP contribution in [0, 0.1) is 0 Å². The normalized spacial score (nSPS) is 13.1. The Hall–Kier alpha value is -7.56. The molecule has 264 valence electrons. The van der Waals surface area contributed by atoms with Crippen LogP contribution in [0.25, 0.3) is 89.4 Å². The average Bonchev–Trinajstić information content (AvgIpc) is 3.77. The number of pyridine rings is 1. The van der Waals surface area contributed by atoms with Gasteiger partial charge in [-0.15, -0.1) is 0 Å². The molecule has 4 nitrogen and oxygen atoms in total. The number of hydrogen-bond acceptors (Lipinski definition) is 4. The second-order valence-electron chi connectivity index (χ2n) is 14.9. The highest BCUT2D eigenvalue weighted by Crippen LogP contribution is 2.65. The van der Waals surface area contributed by atoms with E-state index in [1.807, 2.05) is 30.3 Å². The lowest BCUT2D eigenvalue weighted by atomic mass is 9.69. The zero-order valence-corrected chi connectivity index (χ0v) is 30.8. The molecule has 2 heterocycles. The summed E-state index contributed by atoms with van der Waals surface area (Å²) in [5.41, 5.74) is 15.6.